The van der Waals surface area contributed by atoms with Crippen LogP contribution in [-0.4, -0.2) is 39.5 Å². The van der Waals surface area contributed by atoms with Crippen molar-refractivity contribution in [2.45, 2.75) is 26.4 Å². The second kappa shape index (κ2) is 8.71. The molecule has 3 amide bonds. The fourth-order valence-electron chi connectivity index (χ4n) is 2.61. The van der Waals surface area contributed by atoms with E-state index in [1.165, 1.54) is 0 Å². The van der Waals surface area contributed by atoms with E-state index in [0.717, 1.165) is 5.52 Å². The molecule has 0 aliphatic heterocycles. The van der Waals surface area contributed by atoms with Gasteiger partial charge in [0, 0.05) is 28.9 Å². The molecule has 3 N–H and O–H groups in total. The summed E-state index contributed by atoms with van der Waals surface area (Å²) in [5.41, 5.74) is 2.61. The van der Waals surface area contributed by atoms with Crippen molar-refractivity contribution in [3.63, 3.8) is 0 Å². The van der Waals surface area contributed by atoms with Gasteiger partial charge in [-0.3, -0.25) is 4.79 Å². The average molecular weight is 401 g/mol. The number of carbonyl (C=O) groups is 2. The van der Waals surface area contributed by atoms with Crippen molar-refractivity contribution < 1.29 is 9.59 Å². The Morgan fingerprint density at radius 3 is 2.61 bits per heavy atom. The van der Waals surface area contributed by atoms with Crippen molar-refractivity contribution in [2.75, 3.05) is 11.9 Å². The van der Waals surface area contributed by atoms with E-state index in [-0.39, 0.29) is 18.0 Å². The quantitative estimate of drug-likeness (QED) is 0.592. The first-order valence-electron chi connectivity index (χ1n) is 8.87. The van der Waals surface area contributed by atoms with Crippen molar-refractivity contribution in [2.24, 2.45) is 0 Å². The highest BCUT2D eigenvalue weighted by atomic mass is 35.5. The molecule has 0 aliphatic rings. The summed E-state index contributed by atoms with van der Waals surface area (Å²) in [6, 6.07) is 11.8. The van der Waals surface area contributed by atoms with Crippen LogP contribution < -0.4 is 16.0 Å². The fourth-order valence-corrected chi connectivity index (χ4v) is 2.73. The minimum atomic E-state index is -0.320. The molecule has 9 heteroatoms. The van der Waals surface area contributed by atoms with Crippen LogP contribution in [0.1, 0.15) is 24.2 Å². The molecule has 0 unspecified atom stereocenters. The highest BCUT2D eigenvalue weighted by molar-refractivity contribution is 6.30. The highest BCUT2D eigenvalue weighted by Gasteiger charge is 2.11. The molecule has 0 radical (unpaired) electrons. The maximum Gasteiger partial charge on any atom is 0.319 e. The molecule has 0 saturated carbocycles. The third-order valence-electron chi connectivity index (χ3n) is 3.91. The zero-order valence-corrected chi connectivity index (χ0v) is 16.3. The number of nitrogens with one attached hydrogen (secondary N) is 3. The number of carbonyl (C=O) groups excluding carboxylic acids is 2. The number of halogens is 1. The summed E-state index contributed by atoms with van der Waals surface area (Å²) >= 11 is 5.82. The van der Waals surface area contributed by atoms with E-state index in [4.69, 9.17) is 11.6 Å². The van der Waals surface area contributed by atoms with Gasteiger partial charge >= 0.3 is 6.03 Å². The van der Waals surface area contributed by atoms with Crippen molar-refractivity contribution in [3.05, 3.63) is 53.1 Å². The van der Waals surface area contributed by atoms with Crippen molar-refractivity contribution in [1.82, 2.24) is 25.6 Å². The largest absolute Gasteiger partial charge is 0.350 e. The molecule has 3 rings (SSSR count). The van der Waals surface area contributed by atoms with Crippen LogP contribution in [0.5, 0.6) is 0 Å². The first-order valence-corrected chi connectivity index (χ1v) is 9.24. The van der Waals surface area contributed by atoms with E-state index in [0.29, 0.717) is 34.9 Å². The molecule has 0 bridgehead atoms. The van der Waals surface area contributed by atoms with E-state index in [2.05, 4.69) is 26.3 Å². The van der Waals surface area contributed by atoms with E-state index in [1.54, 1.807) is 47.1 Å². The second-order valence-electron chi connectivity index (χ2n) is 6.53. The lowest BCUT2D eigenvalue weighted by Gasteiger charge is -2.09. The molecular formula is C19H21ClN6O2. The lowest BCUT2D eigenvalue weighted by molar-refractivity contribution is 0.0943. The first kappa shape index (κ1) is 19.6. The van der Waals surface area contributed by atoms with Gasteiger partial charge in [0.25, 0.3) is 5.91 Å². The summed E-state index contributed by atoms with van der Waals surface area (Å²) in [7, 11) is 0. The predicted octanol–water partition coefficient (Wildman–Crippen LogP) is 3.04. The number of urea groups is 1. The van der Waals surface area contributed by atoms with E-state index < -0.39 is 0 Å². The predicted molar refractivity (Wildman–Crippen MR) is 109 cm³/mol. The van der Waals surface area contributed by atoms with Gasteiger partial charge < -0.3 is 16.0 Å². The summed E-state index contributed by atoms with van der Waals surface area (Å²) in [6.45, 7) is 4.63. The number of hydrogen-bond donors (Lipinski definition) is 3. The molecule has 1 aromatic heterocycles. The number of nitrogens with zero attached hydrogens (tertiary/aromatic N) is 3. The Hall–Kier alpha value is -3.13. The van der Waals surface area contributed by atoms with Gasteiger partial charge in [-0.05, 0) is 56.3 Å². The molecule has 2 aromatic carbocycles. The molecule has 0 aliphatic carbocycles. The zero-order valence-electron chi connectivity index (χ0n) is 15.6. The van der Waals surface area contributed by atoms with E-state index in [1.807, 2.05) is 13.8 Å². The van der Waals surface area contributed by atoms with Crippen molar-refractivity contribution >= 4 is 40.3 Å². The van der Waals surface area contributed by atoms with Crippen molar-refractivity contribution in [3.8, 4) is 0 Å². The Morgan fingerprint density at radius 2 is 1.89 bits per heavy atom. The van der Waals surface area contributed by atoms with Crippen LogP contribution in [0.15, 0.2) is 42.5 Å². The number of anilines is 1. The fraction of sp³-hybridized carbons (Fsp3) is 0.263. The summed E-state index contributed by atoms with van der Waals surface area (Å²) in [5.74, 6) is -0.146. The van der Waals surface area contributed by atoms with Gasteiger partial charge in [-0.25, -0.2) is 9.48 Å². The first-order chi connectivity index (χ1) is 13.4. The van der Waals surface area contributed by atoms with E-state index >= 15 is 0 Å². The maximum absolute atomic E-state index is 12.1. The molecule has 3 aromatic rings. The highest BCUT2D eigenvalue weighted by Crippen LogP contribution is 2.14. The van der Waals surface area contributed by atoms with Crippen LogP contribution in [0.3, 0.4) is 0 Å². The molecule has 8 nitrogen and oxygen atoms in total. The molecule has 0 fully saturated rings. The van der Waals surface area contributed by atoms with Gasteiger partial charge in [0.05, 0.1) is 12.1 Å². The molecule has 0 atom stereocenters. The third kappa shape index (κ3) is 4.98. The summed E-state index contributed by atoms with van der Waals surface area (Å²) in [5, 5.41) is 17.1. The van der Waals surface area contributed by atoms with Crippen LogP contribution in [0.2, 0.25) is 5.02 Å². The van der Waals surface area contributed by atoms with E-state index in [9.17, 15) is 9.59 Å². The van der Waals surface area contributed by atoms with Crippen LogP contribution in [0.4, 0.5) is 10.5 Å². The molecule has 28 heavy (non-hydrogen) atoms. The molecule has 1 heterocycles. The number of fused-ring (bicyclic) bond motifs is 1. The summed E-state index contributed by atoms with van der Waals surface area (Å²) in [4.78, 5) is 24.0. The Morgan fingerprint density at radius 1 is 1.14 bits per heavy atom. The minimum Gasteiger partial charge on any atom is -0.350 e. The molecular weight excluding hydrogens is 380 g/mol. The molecule has 146 valence electrons. The minimum absolute atomic E-state index is 0.0592. The van der Waals surface area contributed by atoms with Gasteiger partial charge in [0.15, 0.2) is 0 Å². The SMILES string of the molecule is CC(C)NC(=O)c1ccc2c(c1)nnn2CCNC(=O)Nc1ccc(Cl)cc1. The lowest BCUT2D eigenvalue weighted by Crippen LogP contribution is -2.31. The maximum atomic E-state index is 12.1. The molecule has 0 spiro atoms. The zero-order chi connectivity index (χ0) is 20.1. The van der Waals surface area contributed by atoms with Gasteiger partial charge in [0.1, 0.15) is 5.52 Å². The number of aromatic nitrogens is 3. The number of rotatable bonds is 6. The van der Waals surface area contributed by atoms with Crippen molar-refractivity contribution in [1.29, 1.82) is 0 Å². The Labute approximate surface area is 167 Å². The Kier molecular flexibility index (Phi) is 6.10. The smallest absolute Gasteiger partial charge is 0.319 e. The van der Waals surface area contributed by atoms with Gasteiger partial charge in [-0.1, -0.05) is 16.8 Å². The number of amides is 3. The molecule has 0 saturated heterocycles. The average Bonchev–Trinajstić information content (AvgIpc) is 3.05. The topological polar surface area (TPSA) is 101 Å². The van der Waals surface area contributed by atoms with Gasteiger partial charge in [-0.15, -0.1) is 5.10 Å². The summed E-state index contributed by atoms with van der Waals surface area (Å²) in [6.07, 6.45) is 0. The van der Waals surface area contributed by atoms with Crippen LogP contribution in [-0.2, 0) is 6.54 Å². The standard InChI is InChI=1S/C19H21ClN6O2/c1-12(2)22-18(27)13-3-8-17-16(11-13)24-25-26(17)10-9-21-19(28)23-15-6-4-14(20)5-7-15/h3-8,11-12H,9-10H2,1-2H3,(H,22,27)(H2,21,23,28). The second-order valence-corrected chi connectivity index (χ2v) is 6.97. The van der Waals surface area contributed by atoms with Crippen LogP contribution in [0, 0.1) is 0 Å². The number of benzene rings is 2. The summed E-state index contributed by atoms with van der Waals surface area (Å²) < 4.78 is 1.68. The van der Waals surface area contributed by atoms with Crippen LogP contribution in [0.25, 0.3) is 11.0 Å². The normalized spacial score (nSPS) is 10.9. The Bertz CT molecular complexity index is 984. The third-order valence-corrected chi connectivity index (χ3v) is 4.16. The number of hydrogen-bond acceptors (Lipinski definition) is 4. The Balaban J connectivity index is 1.56. The monoisotopic (exact) mass is 400 g/mol. The lowest BCUT2D eigenvalue weighted by atomic mass is 10.2. The van der Waals surface area contributed by atoms with Crippen LogP contribution >= 0.6 is 11.6 Å². The van der Waals surface area contributed by atoms with Gasteiger partial charge in [0.2, 0.25) is 0 Å². The van der Waals surface area contributed by atoms with Gasteiger partial charge in [-0.2, -0.15) is 0 Å².